The van der Waals surface area contributed by atoms with Crippen LogP contribution < -0.4 is 9.64 Å². The Hall–Kier alpha value is -2.63. The molecule has 1 aromatic heterocycles. The van der Waals surface area contributed by atoms with Crippen molar-refractivity contribution in [1.29, 1.82) is 0 Å². The third-order valence-electron chi connectivity index (χ3n) is 3.60. The van der Waals surface area contributed by atoms with Crippen LogP contribution in [0.4, 0.5) is 5.69 Å². The lowest BCUT2D eigenvalue weighted by Crippen LogP contribution is -2.30. The van der Waals surface area contributed by atoms with Crippen LogP contribution in [-0.2, 0) is 18.4 Å². The summed E-state index contributed by atoms with van der Waals surface area (Å²) in [5, 5.41) is 4.25. The SMILES string of the molecule is COc1ccc2c(c1)C(=O)C(=O)N2Cc1cc(C)nn1C. The van der Waals surface area contributed by atoms with Crippen LogP contribution in [0.2, 0.25) is 0 Å². The molecule has 6 nitrogen and oxygen atoms in total. The van der Waals surface area contributed by atoms with Crippen LogP contribution in [0.15, 0.2) is 24.3 Å². The molecule has 0 saturated carbocycles. The van der Waals surface area contributed by atoms with Crippen molar-refractivity contribution in [3.05, 3.63) is 41.2 Å². The highest BCUT2D eigenvalue weighted by atomic mass is 16.5. The van der Waals surface area contributed by atoms with Crippen molar-refractivity contribution >= 4 is 17.4 Å². The molecule has 0 saturated heterocycles. The number of amides is 1. The van der Waals surface area contributed by atoms with Gasteiger partial charge >= 0.3 is 0 Å². The van der Waals surface area contributed by atoms with Crippen molar-refractivity contribution in [3.63, 3.8) is 0 Å². The van der Waals surface area contributed by atoms with Crippen molar-refractivity contribution in [2.24, 2.45) is 7.05 Å². The molecule has 0 radical (unpaired) electrons. The Morgan fingerprint density at radius 2 is 2.00 bits per heavy atom. The molecular formula is C15H15N3O3. The highest BCUT2D eigenvalue weighted by molar-refractivity contribution is 6.52. The zero-order chi connectivity index (χ0) is 15.1. The Kier molecular flexibility index (Phi) is 3.01. The second-order valence-electron chi connectivity index (χ2n) is 5.00. The second-order valence-corrected chi connectivity index (χ2v) is 5.00. The van der Waals surface area contributed by atoms with E-state index in [2.05, 4.69) is 5.10 Å². The number of carbonyl (C=O) groups excluding carboxylic acids is 2. The van der Waals surface area contributed by atoms with E-state index in [1.165, 1.54) is 12.0 Å². The van der Waals surface area contributed by atoms with Gasteiger partial charge in [0.1, 0.15) is 5.75 Å². The number of anilines is 1. The van der Waals surface area contributed by atoms with Crippen LogP contribution in [0.5, 0.6) is 5.75 Å². The lowest BCUT2D eigenvalue weighted by Gasteiger charge is -2.16. The molecule has 3 rings (SSSR count). The standard InChI is InChI=1S/C15H15N3O3/c1-9-6-10(17(2)16-9)8-18-13-5-4-11(21-3)7-12(13)14(19)15(18)20/h4-7H,8H2,1-3H3. The molecule has 2 heterocycles. The van der Waals surface area contributed by atoms with E-state index >= 15 is 0 Å². The molecule has 1 aliphatic rings. The summed E-state index contributed by atoms with van der Waals surface area (Å²) in [6.45, 7) is 2.21. The van der Waals surface area contributed by atoms with Gasteiger partial charge in [0, 0.05) is 7.05 Å². The maximum atomic E-state index is 12.2. The summed E-state index contributed by atoms with van der Waals surface area (Å²) in [6, 6.07) is 6.98. The summed E-state index contributed by atoms with van der Waals surface area (Å²) < 4.78 is 6.82. The fourth-order valence-electron chi connectivity index (χ4n) is 2.54. The Bertz CT molecular complexity index is 749. The molecule has 0 atom stereocenters. The smallest absolute Gasteiger partial charge is 0.299 e. The molecule has 1 aromatic carbocycles. The average Bonchev–Trinajstić information content (AvgIpc) is 2.91. The maximum absolute atomic E-state index is 12.2. The summed E-state index contributed by atoms with van der Waals surface area (Å²) in [4.78, 5) is 25.8. The van der Waals surface area contributed by atoms with Crippen molar-refractivity contribution in [3.8, 4) is 5.75 Å². The highest BCUT2D eigenvalue weighted by Gasteiger charge is 2.36. The lowest BCUT2D eigenvalue weighted by molar-refractivity contribution is -0.114. The summed E-state index contributed by atoms with van der Waals surface area (Å²) >= 11 is 0. The Labute approximate surface area is 121 Å². The Balaban J connectivity index is 2.00. The van der Waals surface area contributed by atoms with Gasteiger partial charge in [0.25, 0.3) is 11.7 Å². The number of aryl methyl sites for hydroxylation is 2. The second kappa shape index (κ2) is 4.73. The van der Waals surface area contributed by atoms with E-state index in [1.54, 1.807) is 22.9 Å². The number of ether oxygens (including phenoxy) is 1. The summed E-state index contributed by atoms with van der Waals surface area (Å²) in [6.07, 6.45) is 0. The molecular weight excluding hydrogens is 270 g/mol. The molecule has 1 aliphatic heterocycles. The van der Waals surface area contributed by atoms with Crippen LogP contribution in [0.3, 0.4) is 0 Å². The Morgan fingerprint density at radius 3 is 2.62 bits per heavy atom. The molecule has 6 heteroatoms. The van der Waals surface area contributed by atoms with Crippen LogP contribution in [0.25, 0.3) is 0 Å². The molecule has 1 amide bonds. The molecule has 21 heavy (non-hydrogen) atoms. The van der Waals surface area contributed by atoms with Crippen LogP contribution >= 0.6 is 0 Å². The number of fused-ring (bicyclic) bond motifs is 1. The minimum absolute atomic E-state index is 0.321. The minimum Gasteiger partial charge on any atom is -0.497 e. The van der Waals surface area contributed by atoms with Crippen molar-refractivity contribution < 1.29 is 14.3 Å². The zero-order valence-corrected chi connectivity index (χ0v) is 12.1. The molecule has 0 unspecified atom stereocenters. The van der Waals surface area contributed by atoms with Crippen LogP contribution in [-0.4, -0.2) is 28.6 Å². The fraction of sp³-hybridized carbons (Fsp3) is 0.267. The Morgan fingerprint density at radius 1 is 1.24 bits per heavy atom. The number of benzene rings is 1. The predicted molar refractivity (Wildman–Crippen MR) is 76.5 cm³/mol. The third kappa shape index (κ3) is 2.08. The number of ketones is 1. The van der Waals surface area contributed by atoms with Gasteiger partial charge in [0.15, 0.2) is 0 Å². The molecule has 0 aliphatic carbocycles. The number of nitrogens with zero attached hydrogens (tertiary/aromatic N) is 3. The van der Waals surface area contributed by atoms with E-state index < -0.39 is 11.7 Å². The molecule has 0 bridgehead atoms. The number of hydrogen-bond acceptors (Lipinski definition) is 4. The predicted octanol–water partition coefficient (Wildman–Crippen LogP) is 1.47. The monoisotopic (exact) mass is 285 g/mol. The van der Waals surface area contributed by atoms with Gasteiger partial charge in [-0.25, -0.2) is 0 Å². The van der Waals surface area contributed by atoms with Gasteiger partial charge in [0.05, 0.1) is 36.3 Å². The van der Waals surface area contributed by atoms with Gasteiger partial charge in [-0.05, 0) is 31.2 Å². The number of hydrogen-bond donors (Lipinski definition) is 0. The van der Waals surface area contributed by atoms with Crippen molar-refractivity contribution in [1.82, 2.24) is 9.78 Å². The summed E-state index contributed by atoms with van der Waals surface area (Å²) in [7, 11) is 3.35. The van der Waals surface area contributed by atoms with E-state index in [9.17, 15) is 9.59 Å². The van der Waals surface area contributed by atoms with Crippen molar-refractivity contribution in [2.75, 3.05) is 12.0 Å². The zero-order valence-electron chi connectivity index (χ0n) is 12.1. The molecule has 108 valence electrons. The largest absolute Gasteiger partial charge is 0.497 e. The first kappa shape index (κ1) is 13.4. The molecule has 0 fully saturated rings. The maximum Gasteiger partial charge on any atom is 0.299 e. The normalized spacial score (nSPS) is 13.8. The number of methoxy groups -OCH3 is 1. The van der Waals surface area contributed by atoms with E-state index in [0.717, 1.165) is 11.4 Å². The van der Waals surface area contributed by atoms with Gasteiger partial charge in [-0.15, -0.1) is 0 Å². The lowest BCUT2D eigenvalue weighted by atomic mass is 10.1. The molecule has 2 aromatic rings. The number of aromatic nitrogens is 2. The highest BCUT2D eigenvalue weighted by Crippen LogP contribution is 2.33. The van der Waals surface area contributed by atoms with Gasteiger partial charge in [-0.3, -0.25) is 19.2 Å². The number of rotatable bonds is 3. The first-order chi connectivity index (χ1) is 10.0. The van der Waals surface area contributed by atoms with E-state index in [1.807, 2.05) is 20.0 Å². The fourth-order valence-corrected chi connectivity index (χ4v) is 2.54. The first-order valence-corrected chi connectivity index (χ1v) is 6.55. The molecule has 0 spiro atoms. The topological polar surface area (TPSA) is 64.4 Å². The van der Waals surface area contributed by atoms with Crippen molar-refractivity contribution in [2.45, 2.75) is 13.5 Å². The number of carbonyl (C=O) groups is 2. The summed E-state index contributed by atoms with van der Waals surface area (Å²) in [5.41, 5.74) is 2.75. The third-order valence-corrected chi connectivity index (χ3v) is 3.60. The molecule has 0 N–H and O–H groups in total. The van der Waals surface area contributed by atoms with E-state index in [-0.39, 0.29) is 0 Å². The minimum atomic E-state index is -0.517. The van der Waals surface area contributed by atoms with Crippen LogP contribution in [0, 0.1) is 6.92 Å². The van der Waals surface area contributed by atoms with Gasteiger partial charge in [-0.1, -0.05) is 0 Å². The van der Waals surface area contributed by atoms with E-state index in [4.69, 9.17) is 4.74 Å². The van der Waals surface area contributed by atoms with Gasteiger partial charge in [0.2, 0.25) is 0 Å². The average molecular weight is 285 g/mol. The van der Waals surface area contributed by atoms with E-state index in [0.29, 0.717) is 23.5 Å². The number of Topliss-reactive ketones (excluding diaryl/α,β-unsaturated/α-hetero) is 1. The van der Waals surface area contributed by atoms with Crippen LogP contribution in [0.1, 0.15) is 21.7 Å². The van der Waals surface area contributed by atoms with Gasteiger partial charge in [-0.2, -0.15) is 5.10 Å². The first-order valence-electron chi connectivity index (χ1n) is 6.55. The quantitative estimate of drug-likeness (QED) is 0.801. The summed E-state index contributed by atoms with van der Waals surface area (Å²) in [5.74, 6) is -0.451. The van der Waals surface area contributed by atoms with Gasteiger partial charge < -0.3 is 4.74 Å².